The van der Waals surface area contributed by atoms with Gasteiger partial charge in [0.25, 0.3) is 5.82 Å². The number of imidazole rings is 1. The minimum Gasteiger partial charge on any atom is -0.392 e. The lowest BCUT2D eigenvalue weighted by Gasteiger charge is -1.97. The van der Waals surface area contributed by atoms with Crippen LogP contribution in [0.15, 0.2) is 54.6 Å². The third kappa shape index (κ3) is 2.60. The zero-order valence-electron chi connectivity index (χ0n) is 12.1. The van der Waals surface area contributed by atoms with Gasteiger partial charge in [-0.2, -0.15) is 0 Å². The summed E-state index contributed by atoms with van der Waals surface area (Å²) < 4.78 is 4.30. The molecule has 106 valence electrons. The maximum Gasteiger partial charge on any atom is 0.282 e. The molecule has 2 aromatic carbocycles. The van der Waals surface area contributed by atoms with Crippen LogP contribution < -0.4 is 4.57 Å². The average Bonchev–Trinajstić information content (AvgIpc) is 2.80. The molecule has 3 heteroatoms. The quantitative estimate of drug-likeness (QED) is 0.731. The van der Waals surface area contributed by atoms with E-state index in [1.54, 1.807) is 0 Å². The van der Waals surface area contributed by atoms with Crippen molar-refractivity contribution >= 4 is 23.2 Å². The van der Waals surface area contributed by atoms with Crippen LogP contribution in [-0.2, 0) is 13.6 Å². The van der Waals surface area contributed by atoms with Gasteiger partial charge >= 0.3 is 0 Å². The number of aliphatic hydroxyl groups is 1. The molecule has 0 aliphatic rings. The number of hydrogen-bond donors (Lipinski definition) is 1. The monoisotopic (exact) mass is 279 g/mol. The molecule has 1 N–H and O–H groups in total. The molecule has 0 bridgehead atoms. The highest BCUT2D eigenvalue weighted by atomic mass is 16.3. The van der Waals surface area contributed by atoms with Crippen LogP contribution in [0.1, 0.15) is 11.4 Å². The molecule has 0 aliphatic heterocycles. The Morgan fingerprint density at radius 1 is 1.00 bits per heavy atom. The maximum absolute atomic E-state index is 9.34. The first-order valence-corrected chi connectivity index (χ1v) is 7.12. The minimum atomic E-state index is 0.130. The zero-order chi connectivity index (χ0) is 14.7. The highest BCUT2D eigenvalue weighted by molar-refractivity contribution is 5.76. The van der Waals surface area contributed by atoms with Crippen LogP contribution in [0.4, 0.5) is 0 Å². The molecule has 3 aromatic rings. The van der Waals surface area contributed by atoms with Gasteiger partial charge in [0.15, 0.2) is 11.0 Å². The van der Waals surface area contributed by atoms with Crippen molar-refractivity contribution in [3.63, 3.8) is 0 Å². The van der Waals surface area contributed by atoms with Gasteiger partial charge in [-0.25, -0.2) is 9.13 Å². The van der Waals surface area contributed by atoms with Gasteiger partial charge in [0.1, 0.15) is 6.54 Å². The smallest absolute Gasteiger partial charge is 0.282 e. The van der Waals surface area contributed by atoms with Gasteiger partial charge in [0.2, 0.25) is 0 Å². The molecule has 0 fully saturated rings. The number of hydrogen-bond acceptors (Lipinski definition) is 1. The number of aromatic nitrogens is 2. The highest BCUT2D eigenvalue weighted by Gasteiger charge is 2.19. The summed E-state index contributed by atoms with van der Waals surface area (Å²) >= 11 is 0. The summed E-state index contributed by atoms with van der Waals surface area (Å²) in [4.78, 5) is 0. The van der Waals surface area contributed by atoms with E-state index in [9.17, 15) is 5.11 Å². The third-order valence-corrected chi connectivity index (χ3v) is 3.70. The molecular weight excluding hydrogens is 260 g/mol. The van der Waals surface area contributed by atoms with E-state index >= 15 is 0 Å². The van der Waals surface area contributed by atoms with Crippen molar-refractivity contribution in [2.75, 3.05) is 6.61 Å². The van der Waals surface area contributed by atoms with Crippen LogP contribution in [0.3, 0.4) is 0 Å². The van der Waals surface area contributed by atoms with E-state index in [1.807, 2.05) is 30.3 Å². The molecule has 3 rings (SSSR count). The maximum atomic E-state index is 9.34. The Kier molecular flexibility index (Phi) is 3.84. The van der Waals surface area contributed by atoms with Crippen LogP contribution in [-0.4, -0.2) is 16.3 Å². The fourth-order valence-electron chi connectivity index (χ4n) is 2.68. The van der Waals surface area contributed by atoms with Gasteiger partial charge in [-0.1, -0.05) is 42.5 Å². The number of aliphatic hydroxyl groups excluding tert-OH is 1. The van der Waals surface area contributed by atoms with Crippen molar-refractivity contribution in [2.24, 2.45) is 7.05 Å². The largest absolute Gasteiger partial charge is 0.392 e. The number of rotatable bonds is 4. The minimum absolute atomic E-state index is 0.130. The first-order valence-electron chi connectivity index (χ1n) is 7.12. The topological polar surface area (TPSA) is 29.0 Å². The Balaban J connectivity index is 2.10. The Morgan fingerprint density at radius 2 is 1.71 bits per heavy atom. The predicted molar refractivity (Wildman–Crippen MR) is 85.6 cm³/mol. The van der Waals surface area contributed by atoms with Gasteiger partial charge in [-0.05, 0) is 23.8 Å². The van der Waals surface area contributed by atoms with E-state index in [2.05, 4.69) is 52.6 Å². The summed E-state index contributed by atoms with van der Waals surface area (Å²) in [5.41, 5.74) is 3.47. The summed E-state index contributed by atoms with van der Waals surface area (Å²) in [6.07, 6.45) is 4.20. The Morgan fingerprint density at radius 3 is 2.48 bits per heavy atom. The van der Waals surface area contributed by atoms with E-state index in [0.29, 0.717) is 6.54 Å². The second-order valence-electron chi connectivity index (χ2n) is 5.03. The van der Waals surface area contributed by atoms with Gasteiger partial charge in [0, 0.05) is 6.08 Å². The Hall–Kier alpha value is -2.39. The molecule has 0 amide bonds. The number of nitrogens with zero attached hydrogens (tertiary/aromatic N) is 2. The van der Waals surface area contributed by atoms with Crippen LogP contribution >= 0.6 is 0 Å². The fraction of sp³-hybridized carbons (Fsp3) is 0.167. The predicted octanol–water partition coefficient (Wildman–Crippen LogP) is 2.63. The molecule has 1 heterocycles. The average molecular weight is 279 g/mol. The standard InChI is InChI=1S/C18H19N2O/c1-19-16-9-5-6-10-17(16)20(13-14-21)18(19)12-11-15-7-3-2-4-8-15/h2-12,21H,13-14H2,1H3/q+1/b12-11+. The van der Waals surface area contributed by atoms with Gasteiger partial charge in [0.05, 0.1) is 13.7 Å². The summed E-state index contributed by atoms with van der Waals surface area (Å²) in [6, 6.07) is 18.5. The number of para-hydroxylation sites is 2. The number of aryl methyl sites for hydroxylation is 1. The highest BCUT2D eigenvalue weighted by Crippen LogP contribution is 2.16. The Bertz CT molecular complexity index is 773. The van der Waals surface area contributed by atoms with Gasteiger partial charge in [-0.3, -0.25) is 0 Å². The van der Waals surface area contributed by atoms with E-state index < -0.39 is 0 Å². The molecule has 0 unspecified atom stereocenters. The summed E-state index contributed by atoms with van der Waals surface area (Å²) in [5.74, 6) is 1.08. The fourth-order valence-corrected chi connectivity index (χ4v) is 2.68. The molecule has 0 spiro atoms. The van der Waals surface area contributed by atoms with Crippen molar-refractivity contribution in [3.8, 4) is 0 Å². The zero-order valence-corrected chi connectivity index (χ0v) is 12.1. The lowest BCUT2D eigenvalue weighted by molar-refractivity contribution is -0.647. The normalized spacial score (nSPS) is 11.5. The molecule has 0 radical (unpaired) electrons. The van der Waals surface area contributed by atoms with Crippen molar-refractivity contribution < 1.29 is 9.67 Å². The van der Waals surface area contributed by atoms with Crippen LogP contribution in [0, 0.1) is 0 Å². The van der Waals surface area contributed by atoms with Crippen molar-refractivity contribution in [3.05, 3.63) is 66.0 Å². The summed E-state index contributed by atoms with van der Waals surface area (Å²) in [5, 5.41) is 9.34. The molecule has 0 aliphatic carbocycles. The summed E-state index contributed by atoms with van der Waals surface area (Å²) in [6.45, 7) is 0.723. The lowest BCUT2D eigenvalue weighted by Crippen LogP contribution is -2.31. The van der Waals surface area contributed by atoms with Crippen LogP contribution in [0.5, 0.6) is 0 Å². The number of fused-ring (bicyclic) bond motifs is 1. The second-order valence-corrected chi connectivity index (χ2v) is 5.03. The molecule has 0 saturated heterocycles. The SMILES string of the molecule is C[n+]1c(/C=C/c2ccccc2)n(CCO)c2ccccc21. The van der Waals surface area contributed by atoms with Gasteiger partial charge < -0.3 is 5.11 Å². The first kappa shape index (κ1) is 13.6. The first-order chi connectivity index (χ1) is 10.3. The van der Waals surface area contributed by atoms with E-state index in [1.165, 1.54) is 11.1 Å². The molecule has 3 nitrogen and oxygen atoms in total. The molecule has 0 saturated carbocycles. The molecular formula is C18H19N2O+. The van der Waals surface area contributed by atoms with Crippen molar-refractivity contribution in [2.45, 2.75) is 6.54 Å². The molecule has 1 aromatic heterocycles. The van der Waals surface area contributed by atoms with E-state index in [4.69, 9.17) is 0 Å². The third-order valence-electron chi connectivity index (χ3n) is 3.70. The molecule has 21 heavy (non-hydrogen) atoms. The van der Waals surface area contributed by atoms with Crippen molar-refractivity contribution in [1.29, 1.82) is 0 Å². The second kappa shape index (κ2) is 5.94. The molecule has 0 atom stereocenters. The summed E-state index contributed by atoms with van der Waals surface area (Å²) in [7, 11) is 2.06. The lowest BCUT2D eigenvalue weighted by atomic mass is 10.2. The Labute approximate surface area is 124 Å². The van der Waals surface area contributed by atoms with Crippen LogP contribution in [0.25, 0.3) is 23.2 Å². The van der Waals surface area contributed by atoms with Crippen LogP contribution in [0.2, 0.25) is 0 Å². The number of benzene rings is 2. The van der Waals surface area contributed by atoms with E-state index in [0.717, 1.165) is 11.3 Å². The van der Waals surface area contributed by atoms with Gasteiger partial charge in [-0.15, -0.1) is 0 Å². The van der Waals surface area contributed by atoms with E-state index in [-0.39, 0.29) is 6.61 Å². The van der Waals surface area contributed by atoms with Crippen molar-refractivity contribution in [1.82, 2.24) is 4.57 Å².